The topological polar surface area (TPSA) is 81.1 Å². The number of amides is 1. The Labute approximate surface area is 126 Å². The number of carbonyl (C=O) groups is 1. The molecule has 0 atom stereocenters. The molecule has 1 N–H and O–H groups in total. The molecule has 0 saturated carbocycles. The van der Waals surface area contributed by atoms with E-state index in [1.165, 1.54) is 16.9 Å². The van der Waals surface area contributed by atoms with Gasteiger partial charge in [-0.1, -0.05) is 27.7 Å². The lowest BCUT2D eigenvalue weighted by molar-refractivity contribution is -0.0446. The van der Waals surface area contributed by atoms with Gasteiger partial charge in [-0.05, 0) is 17.9 Å². The smallest absolute Gasteiger partial charge is 0.268 e. The minimum absolute atomic E-state index is 0.0687. The lowest BCUT2D eigenvalue weighted by Crippen LogP contribution is -2.40. The first-order valence-electron chi connectivity index (χ1n) is 6.55. The summed E-state index contributed by atoms with van der Waals surface area (Å²) in [5.41, 5.74) is -5.94. The molecule has 0 aliphatic heterocycles. The number of aromatic nitrogens is 2. The molecule has 22 heavy (non-hydrogen) atoms. The van der Waals surface area contributed by atoms with Crippen LogP contribution in [0.5, 0.6) is 0 Å². The van der Waals surface area contributed by atoms with Gasteiger partial charge < -0.3 is 0 Å². The van der Waals surface area contributed by atoms with Crippen molar-refractivity contribution in [3.8, 4) is 0 Å². The zero-order valence-electron chi connectivity index (χ0n) is 12.5. The van der Waals surface area contributed by atoms with Crippen LogP contribution in [0.25, 0.3) is 0 Å². The summed E-state index contributed by atoms with van der Waals surface area (Å²) in [4.78, 5) is 11.6. The summed E-state index contributed by atoms with van der Waals surface area (Å²) in [6, 6.07) is 1.11. The molecule has 0 bridgehead atoms. The maximum Gasteiger partial charge on any atom is 0.516 e. The summed E-state index contributed by atoms with van der Waals surface area (Å²) < 4.78 is 60.9. The van der Waals surface area contributed by atoms with Gasteiger partial charge in [-0.25, -0.2) is 4.72 Å². The highest BCUT2D eigenvalue weighted by molar-refractivity contribution is 7.90. The summed E-state index contributed by atoms with van der Waals surface area (Å²) in [6.45, 7) is 7.78. The van der Waals surface area contributed by atoms with Crippen molar-refractivity contribution < 1.29 is 26.4 Å². The van der Waals surface area contributed by atoms with Gasteiger partial charge in [-0.2, -0.15) is 26.7 Å². The first kappa shape index (κ1) is 18.5. The number of nitrogens with zero attached hydrogens (tertiary/aromatic N) is 2. The van der Waals surface area contributed by atoms with Crippen LogP contribution >= 0.6 is 0 Å². The second-order valence-electron chi connectivity index (χ2n) is 5.54. The Hall–Kier alpha value is -1.58. The first-order valence-corrected chi connectivity index (χ1v) is 8.03. The predicted octanol–water partition coefficient (Wildman–Crippen LogP) is 2.32. The minimum Gasteiger partial charge on any atom is -0.268 e. The molecular formula is C12H18F3N3O3S. The normalized spacial score (nSPS) is 13.2. The van der Waals surface area contributed by atoms with Crippen LogP contribution in [0.1, 0.15) is 44.2 Å². The van der Waals surface area contributed by atoms with Crippen molar-refractivity contribution in [2.45, 2.75) is 39.2 Å². The van der Waals surface area contributed by atoms with E-state index in [1.54, 1.807) is 0 Å². The van der Waals surface area contributed by atoms with Crippen molar-refractivity contribution in [1.82, 2.24) is 14.5 Å². The summed E-state index contributed by atoms with van der Waals surface area (Å²) in [7, 11) is -5.74. The van der Waals surface area contributed by atoms with Crippen molar-refractivity contribution in [2.24, 2.45) is 11.8 Å². The Morgan fingerprint density at radius 1 is 1.23 bits per heavy atom. The molecule has 0 aliphatic rings. The zero-order chi connectivity index (χ0) is 17.3. The Morgan fingerprint density at radius 2 is 1.73 bits per heavy atom. The molecule has 1 amide bonds. The van der Waals surface area contributed by atoms with Crippen LogP contribution in [0.4, 0.5) is 13.2 Å². The maximum atomic E-state index is 12.2. The van der Waals surface area contributed by atoms with E-state index in [9.17, 15) is 26.4 Å². The van der Waals surface area contributed by atoms with Crippen molar-refractivity contribution in [3.05, 3.63) is 18.0 Å². The molecule has 126 valence electrons. The standard InChI is InChI=1S/C12H18F3N3O3S/c1-7(2)10(8(3)4)18-6-5-9(16-18)11(19)17-22(20,21)12(13,14)15/h5-8,10H,1-4H3,(H,17,19). The fourth-order valence-electron chi connectivity index (χ4n) is 2.24. The number of halogens is 3. The quantitative estimate of drug-likeness (QED) is 0.891. The Balaban J connectivity index is 3.00. The van der Waals surface area contributed by atoms with E-state index >= 15 is 0 Å². The highest BCUT2D eigenvalue weighted by Crippen LogP contribution is 2.26. The number of rotatable bonds is 5. The van der Waals surface area contributed by atoms with E-state index in [0.29, 0.717) is 0 Å². The van der Waals surface area contributed by atoms with Gasteiger partial charge >= 0.3 is 15.5 Å². The van der Waals surface area contributed by atoms with Gasteiger partial charge in [0, 0.05) is 6.20 Å². The molecule has 0 aromatic carbocycles. The lowest BCUT2D eigenvalue weighted by Gasteiger charge is -2.25. The zero-order valence-corrected chi connectivity index (χ0v) is 13.4. The average molecular weight is 341 g/mol. The van der Waals surface area contributed by atoms with Gasteiger partial charge in [0.15, 0.2) is 5.69 Å². The third kappa shape index (κ3) is 3.99. The molecule has 0 unspecified atom stereocenters. The molecule has 1 heterocycles. The number of hydrogen-bond acceptors (Lipinski definition) is 4. The number of sulfonamides is 1. The van der Waals surface area contributed by atoms with E-state index in [0.717, 1.165) is 4.72 Å². The maximum absolute atomic E-state index is 12.2. The monoisotopic (exact) mass is 341 g/mol. The molecule has 1 aromatic heterocycles. The molecule has 0 saturated heterocycles. The van der Waals surface area contributed by atoms with Crippen molar-refractivity contribution >= 4 is 15.9 Å². The molecule has 1 rings (SSSR count). The van der Waals surface area contributed by atoms with E-state index < -0.39 is 21.4 Å². The van der Waals surface area contributed by atoms with Crippen molar-refractivity contribution in [2.75, 3.05) is 0 Å². The van der Waals surface area contributed by atoms with Crippen LogP contribution < -0.4 is 4.72 Å². The third-order valence-corrected chi connectivity index (χ3v) is 4.11. The molecule has 0 aliphatic carbocycles. The molecule has 0 spiro atoms. The molecule has 6 nitrogen and oxygen atoms in total. The molecular weight excluding hydrogens is 323 g/mol. The molecule has 1 aromatic rings. The predicted molar refractivity (Wildman–Crippen MR) is 73.4 cm³/mol. The fraction of sp³-hybridized carbons (Fsp3) is 0.667. The number of hydrogen-bond donors (Lipinski definition) is 1. The van der Waals surface area contributed by atoms with E-state index in [2.05, 4.69) is 5.10 Å². The second-order valence-corrected chi connectivity index (χ2v) is 7.21. The van der Waals surface area contributed by atoms with Gasteiger partial charge in [-0.3, -0.25) is 9.48 Å². The molecule has 0 radical (unpaired) electrons. The van der Waals surface area contributed by atoms with E-state index in [1.807, 2.05) is 27.7 Å². The molecule has 10 heteroatoms. The van der Waals surface area contributed by atoms with Gasteiger partial charge in [0.2, 0.25) is 0 Å². The van der Waals surface area contributed by atoms with Crippen LogP contribution in [0.2, 0.25) is 0 Å². The summed E-state index contributed by atoms with van der Waals surface area (Å²) in [5.74, 6) is -1.06. The van der Waals surface area contributed by atoms with Gasteiger partial charge in [0.1, 0.15) is 0 Å². The van der Waals surface area contributed by atoms with Crippen molar-refractivity contribution in [3.63, 3.8) is 0 Å². The van der Waals surface area contributed by atoms with Gasteiger partial charge in [0.05, 0.1) is 6.04 Å². The number of carbonyl (C=O) groups excluding carboxylic acids is 1. The van der Waals surface area contributed by atoms with Crippen LogP contribution in [0.3, 0.4) is 0 Å². The average Bonchev–Trinajstić information content (AvgIpc) is 2.74. The lowest BCUT2D eigenvalue weighted by atomic mass is 9.93. The van der Waals surface area contributed by atoms with E-state index in [4.69, 9.17) is 0 Å². The molecule has 0 fully saturated rings. The minimum atomic E-state index is -5.74. The summed E-state index contributed by atoms with van der Waals surface area (Å²) in [5, 5.41) is 3.89. The summed E-state index contributed by atoms with van der Waals surface area (Å²) in [6.07, 6.45) is 1.44. The van der Waals surface area contributed by atoms with Crippen molar-refractivity contribution in [1.29, 1.82) is 0 Å². The number of alkyl halides is 3. The number of nitrogens with one attached hydrogen (secondary N) is 1. The highest BCUT2D eigenvalue weighted by atomic mass is 32.2. The Kier molecular flexibility index (Phi) is 5.26. The van der Waals surface area contributed by atoms with Gasteiger partial charge in [-0.15, -0.1) is 0 Å². The second kappa shape index (κ2) is 6.27. The van der Waals surface area contributed by atoms with E-state index in [-0.39, 0.29) is 23.6 Å². The third-order valence-electron chi connectivity index (χ3n) is 3.04. The van der Waals surface area contributed by atoms with Gasteiger partial charge in [0.25, 0.3) is 5.91 Å². The first-order chi connectivity index (χ1) is 9.86. The largest absolute Gasteiger partial charge is 0.516 e. The van der Waals surface area contributed by atoms with Crippen LogP contribution in [-0.2, 0) is 10.0 Å². The Bertz CT molecular complexity index is 628. The summed E-state index contributed by atoms with van der Waals surface area (Å²) >= 11 is 0. The fourth-order valence-corrected chi connectivity index (χ4v) is 2.70. The van der Waals surface area contributed by atoms with Crippen LogP contribution in [0, 0.1) is 11.8 Å². The van der Waals surface area contributed by atoms with Crippen LogP contribution in [0.15, 0.2) is 12.3 Å². The highest BCUT2D eigenvalue weighted by Gasteiger charge is 2.47. The van der Waals surface area contributed by atoms with Crippen LogP contribution in [-0.4, -0.2) is 29.6 Å². The SMILES string of the molecule is CC(C)C(C(C)C)n1ccc(C(=O)NS(=O)(=O)C(F)(F)F)n1. The Morgan fingerprint density at radius 3 is 2.14 bits per heavy atom.